The molecule has 0 fully saturated rings. The van der Waals surface area contributed by atoms with Crippen molar-refractivity contribution in [2.75, 3.05) is 0 Å². The van der Waals surface area contributed by atoms with Crippen LogP contribution in [0, 0.1) is 0 Å². The molecule has 1 aliphatic carbocycles. The molecule has 1 aliphatic rings. The molecule has 2 aromatic heterocycles. The predicted octanol–water partition coefficient (Wildman–Crippen LogP) is 6.63. The summed E-state index contributed by atoms with van der Waals surface area (Å²) in [6, 6.07) is 13.9. The summed E-state index contributed by atoms with van der Waals surface area (Å²) in [5.41, 5.74) is 3.07. The van der Waals surface area contributed by atoms with Gasteiger partial charge in [-0.3, -0.25) is 4.79 Å². The molecule has 5 rings (SSSR count). The van der Waals surface area contributed by atoms with Crippen molar-refractivity contribution in [3.05, 3.63) is 77.8 Å². The highest BCUT2D eigenvalue weighted by Gasteiger charge is 2.20. The first-order valence-electron chi connectivity index (χ1n) is 9.81. The van der Waals surface area contributed by atoms with Crippen LogP contribution in [0.1, 0.15) is 28.8 Å². The molecule has 0 unspecified atom stereocenters. The Bertz CT molecular complexity index is 1280. The van der Waals surface area contributed by atoms with Crippen molar-refractivity contribution in [1.82, 2.24) is 9.97 Å². The van der Waals surface area contributed by atoms with E-state index < -0.39 is 0 Å². The van der Waals surface area contributed by atoms with Crippen LogP contribution in [-0.2, 0) is 19.4 Å². The first kappa shape index (κ1) is 20.0. The van der Waals surface area contributed by atoms with E-state index in [0.717, 1.165) is 55.3 Å². The Hall–Kier alpha value is -1.96. The normalized spacial score (nSPS) is 13.4. The molecule has 7 heteroatoms. The smallest absolute Gasteiger partial charge is 0.260 e. The van der Waals surface area contributed by atoms with Crippen molar-refractivity contribution in [1.29, 1.82) is 0 Å². The second-order valence-corrected chi connectivity index (χ2v) is 10.1. The fourth-order valence-electron chi connectivity index (χ4n) is 3.86. The van der Waals surface area contributed by atoms with E-state index in [2.05, 4.69) is 36.8 Å². The summed E-state index contributed by atoms with van der Waals surface area (Å²) in [6.45, 7) is 0.471. The molecule has 0 bridgehead atoms. The van der Waals surface area contributed by atoms with E-state index in [0.29, 0.717) is 12.4 Å². The van der Waals surface area contributed by atoms with Gasteiger partial charge < -0.3 is 9.72 Å². The molecule has 30 heavy (non-hydrogen) atoms. The van der Waals surface area contributed by atoms with E-state index in [1.165, 1.54) is 16.9 Å². The Balaban J connectivity index is 1.50. The zero-order chi connectivity index (χ0) is 20.7. The van der Waals surface area contributed by atoms with Gasteiger partial charge in [-0.15, -0.1) is 11.3 Å². The van der Waals surface area contributed by atoms with Crippen molar-refractivity contribution in [3.8, 4) is 17.1 Å². The van der Waals surface area contributed by atoms with E-state index >= 15 is 0 Å². The molecule has 2 aromatic carbocycles. The van der Waals surface area contributed by atoms with Crippen LogP contribution in [0.4, 0.5) is 0 Å². The van der Waals surface area contributed by atoms with Gasteiger partial charge in [0.05, 0.1) is 14.3 Å². The zero-order valence-electron chi connectivity index (χ0n) is 16.0. The molecule has 4 nitrogen and oxygen atoms in total. The number of H-pyrrole nitrogens is 1. The lowest BCUT2D eigenvalue weighted by atomic mass is 9.97. The van der Waals surface area contributed by atoms with Crippen molar-refractivity contribution in [2.45, 2.75) is 32.3 Å². The lowest BCUT2D eigenvalue weighted by Crippen LogP contribution is -2.11. The number of benzene rings is 2. The number of fused-ring (bicyclic) bond motifs is 3. The minimum atomic E-state index is -0.0500. The summed E-state index contributed by atoms with van der Waals surface area (Å²) in [4.78, 5) is 22.8. The fourth-order valence-corrected chi connectivity index (χ4v) is 6.54. The van der Waals surface area contributed by atoms with Crippen LogP contribution in [0.5, 0.6) is 5.75 Å². The van der Waals surface area contributed by atoms with E-state index in [1.807, 2.05) is 42.5 Å². The number of hydrogen-bond acceptors (Lipinski definition) is 4. The van der Waals surface area contributed by atoms with Crippen molar-refractivity contribution in [2.24, 2.45) is 0 Å². The standard InChI is InChI=1S/C23H18Br2N2O2S/c24-16-10-14(11-17(25)20(16)29-12-13-6-2-1-3-7-13)21-26-22(28)19-15-8-4-5-9-18(15)30-23(19)27-21/h1-3,6-7,10-11H,4-5,8-9,12H2,(H,26,27,28). The molecule has 152 valence electrons. The maximum absolute atomic E-state index is 12.9. The Morgan fingerprint density at radius 2 is 1.80 bits per heavy atom. The summed E-state index contributed by atoms with van der Waals surface area (Å²) in [6.07, 6.45) is 4.36. The first-order valence-corrected chi connectivity index (χ1v) is 12.2. The predicted molar refractivity (Wildman–Crippen MR) is 128 cm³/mol. The Morgan fingerprint density at radius 3 is 2.57 bits per heavy atom. The highest BCUT2D eigenvalue weighted by Crippen LogP contribution is 2.39. The van der Waals surface area contributed by atoms with Gasteiger partial charge in [0.2, 0.25) is 0 Å². The SMILES string of the molecule is O=c1[nH]c(-c2cc(Br)c(OCc3ccccc3)c(Br)c2)nc2sc3c(c12)CCCC3. The van der Waals surface area contributed by atoms with Gasteiger partial charge in [0.1, 0.15) is 23.0 Å². The molecule has 1 N–H and O–H groups in total. The van der Waals surface area contributed by atoms with Gasteiger partial charge in [-0.2, -0.15) is 0 Å². The summed E-state index contributed by atoms with van der Waals surface area (Å²) in [5.74, 6) is 1.29. The minimum absolute atomic E-state index is 0.0500. The molecule has 0 aliphatic heterocycles. The van der Waals surface area contributed by atoms with Crippen molar-refractivity contribution >= 4 is 53.4 Å². The summed E-state index contributed by atoms with van der Waals surface area (Å²) in [7, 11) is 0. The summed E-state index contributed by atoms with van der Waals surface area (Å²) in [5, 5.41) is 0.777. The van der Waals surface area contributed by atoms with Crippen LogP contribution in [0.15, 0.2) is 56.2 Å². The molecule has 0 amide bonds. The molecule has 2 heterocycles. The third kappa shape index (κ3) is 3.74. The molecule has 0 saturated carbocycles. The van der Waals surface area contributed by atoms with Crippen molar-refractivity contribution < 1.29 is 4.74 Å². The van der Waals surface area contributed by atoms with Crippen molar-refractivity contribution in [3.63, 3.8) is 0 Å². The molecule has 0 saturated heterocycles. The van der Waals surface area contributed by atoms with Crippen LogP contribution in [0.3, 0.4) is 0 Å². The number of aromatic nitrogens is 2. The van der Waals surface area contributed by atoms with Gasteiger partial charge in [0, 0.05) is 10.4 Å². The number of ether oxygens (including phenoxy) is 1. The average Bonchev–Trinajstić information content (AvgIpc) is 3.13. The summed E-state index contributed by atoms with van der Waals surface area (Å²) < 4.78 is 7.61. The van der Waals surface area contributed by atoms with Crippen LogP contribution in [0.25, 0.3) is 21.6 Å². The largest absolute Gasteiger partial charge is 0.487 e. The maximum atomic E-state index is 12.9. The van der Waals surface area contributed by atoms with E-state index in [-0.39, 0.29) is 5.56 Å². The summed E-state index contributed by atoms with van der Waals surface area (Å²) >= 11 is 8.88. The Labute approximate surface area is 194 Å². The molecular formula is C23H18Br2N2O2S. The number of rotatable bonds is 4. The van der Waals surface area contributed by atoms with Gasteiger partial charge in [-0.1, -0.05) is 30.3 Å². The molecular weight excluding hydrogens is 528 g/mol. The van der Waals surface area contributed by atoms with Gasteiger partial charge in [-0.25, -0.2) is 4.98 Å². The van der Waals surface area contributed by atoms with Crippen LogP contribution in [0.2, 0.25) is 0 Å². The van der Waals surface area contributed by atoms with E-state index in [1.54, 1.807) is 11.3 Å². The first-order chi connectivity index (χ1) is 14.6. The van der Waals surface area contributed by atoms with Crippen LogP contribution < -0.4 is 10.3 Å². The lowest BCUT2D eigenvalue weighted by Gasteiger charge is -2.12. The monoisotopic (exact) mass is 544 g/mol. The number of thiophene rings is 1. The molecule has 0 radical (unpaired) electrons. The number of nitrogens with zero attached hydrogens (tertiary/aromatic N) is 1. The number of aromatic amines is 1. The Kier molecular flexibility index (Phi) is 5.52. The number of aryl methyl sites for hydroxylation is 2. The van der Waals surface area contributed by atoms with Gasteiger partial charge >= 0.3 is 0 Å². The molecule has 0 atom stereocenters. The number of nitrogens with one attached hydrogen (secondary N) is 1. The molecule has 4 aromatic rings. The third-order valence-corrected chi connectivity index (χ3v) is 7.69. The van der Waals surface area contributed by atoms with Crippen LogP contribution >= 0.6 is 43.2 Å². The number of hydrogen-bond donors (Lipinski definition) is 1. The highest BCUT2D eigenvalue weighted by molar-refractivity contribution is 9.11. The lowest BCUT2D eigenvalue weighted by molar-refractivity contribution is 0.302. The topological polar surface area (TPSA) is 55.0 Å². The van der Waals surface area contributed by atoms with E-state index in [9.17, 15) is 4.79 Å². The second kappa shape index (κ2) is 8.29. The van der Waals surface area contributed by atoms with Gasteiger partial charge in [0.15, 0.2) is 0 Å². The Morgan fingerprint density at radius 1 is 1.07 bits per heavy atom. The van der Waals surface area contributed by atoms with E-state index in [4.69, 9.17) is 9.72 Å². The quantitative estimate of drug-likeness (QED) is 0.313. The second-order valence-electron chi connectivity index (χ2n) is 7.35. The van der Waals surface area contributed by atoms with Gasteiger partial charge in [0.25, 0.3) is 5.56 Å². The average molecular weight is 546 g/mol. The van der Waals surface area contributed by atoms with Gasteiger partial charge in [-0.05, 0) is 80.8 Å². The maximum Gasteiger partial charge on any atom is 0.260 e. The highest BCUT2D eigenvalue weighted by atomic mass is 79.9. The minimum Gasteiger partial charge on any atom is -0.487 e. The fraction of sp³-hybridized carbons (Fsp3) is 0.217. The zero-order valence-corrected chi connectivity index (χ0v) is 20.0. The molecule has 0 spiro atoms. The third-order valence-electron chi connectivity index (χ3n) is 5.32. The number of halogens is 2. The van der Waals surface area contributed by atoms with Crippen LogP contribution in [-0.4, -0.2) is 9.97 Å².